The highest BCUT2D eigenvalue weighted by Gasteiger charge is 2.23. The van der Waals surface area contributed by atoms with Crippen LogP contribution in [0.25, 0.3) is 11.1 Å². The zero-order valence-corrected chi connectivity index (χ0v) is 5.14. The number of hydrogen-bond acceptors (Lipinski definition) is 1. The molecule has 0 saturated carbocycles. The lowest BCUT2D eigenvalue weighted by molar-refractivity contribution is 0.112. The molecule has 1 heteroatoms. The highest BCUT2D eigenvalue weighted by atomic mass is 16.1. The van der Waals surface area contributed by atoms with Gasteiger partial charge in [-0.15, -0.1) is 0 Å². The minimum Gasteiger partial charge on any atom is -0.298 e. The van der Waals surface area contributed by atoms with Crippen molar-refractivity contribution in [1.29, 1.82) is 0 Å². The molecule has 0 bridgehead atoms. The van der Waals surface area contributed by atoms with Gasteiger partial charge in [0.25, 0.3) is 0 Å². The lowest BCUT2D eigenvalue weighted by atomic mass is 10.3. The molecular formula is C8H6O. The first-order valence-corrected chi connectivity index (χ1v) is 2.93. The molecular weight excluding hydrogens is 112 g/mol. The first-order valence-electron chi connectivity index (χ1n) is 2.93. The van der Waals surface area contributed by atoms with E-state index in [1.807, 2.05) is 19.1 Å². The summed E-state index contributed by atoms with van der Waals surface area (Å²) in [4.78, 5) is 10.2. The highest BCUT2D eigenvalue weighted by Crippen LogP contribution is 2.42. The summed E-state index contributed by atoms with van der Waals surface area (Å²) >= 11 is 0. The Bertz CT molecular complexity index is 264. The molecule has 2 aliphatic rings. The van der Waals surface area contributed by atoms with Gasteiger partial charge in [0, 0.05) is 5.56 Å². The van der Waals surface area contributed by atoms with Crippen molar-refractivity contribution < 1.29 is 4.79 Å². The Kier molecular flexibility index (Phi) is 0.652. The topological polar surface area (TPSA) is 17.1 Å². The normalized spacial score (nSPS) is 11.2. The maximum atomic E-state index is 10.2. The largest absolute Gasteiger partial charge is 0.298 e. The van der Waals surface area contributed by atoms with Crippen LogP contribution in [-0.2, 0) is 0 Å². The fourth-order valence-corrected chi connectivity index (χ4v) is 1.17. The summed E-state index contributed by atoms with van der Waals surface area (Å²) in [5.41, 5.74) is 4.47. The third kappa shape index (κ3) is 0.462. The molecule has 0 N–H and O–H groups in total. The summed E-state index contributed by atoms with van der Waals surface area (Å²) in [5, 5.41) is 0. The molecule has 0 aromatic carbocycles. The van der Waals surface area contributed by atoms with Crippen LogP contribution in [0.2, 0.25) is 0 Å². The molecule has 0 radical (unpaired) electrons. The number of benzene rings is 1. The van der Waals surface area contributed by atoms with Crippen LogP contribution in [0.5, 0.6) is 0 Å². The zero-order chi connectivity index (χ0) is 6.43. The molecule has 0 aromatic heterocycles. The van der Waals surface area contributed by atoms with E-state index in [9.17, 15) is 4.79 Å². The molecule has 2 aliphatic carbocycles. The summed E-state index contributed by atoms with van der Waals surface area (Å²) in [6.07, 6.45) is 0.921. The van der Waals surface area contributed by atoms with Crippen molar-refractivity contribution >= 4 is 6.29 Å². The van der Waals surface area contributed by atoms with Crippen LogP contribution in [0.3, 0.4) is 0 Å². The number of hydrogen-bond donors (Lipinski definition) is 0. The van der Waals surface area contributed by atoms with Crippen LogP contribution >= 0.6 is 0 Å². The second kappa shape index (κ2) is 1.24. The van der Waals surface area contributed by atoms with Crippen molar-refractivity contribution in [1.82, 2.24) is 0 Å². The maximum Gasteiger partial charge on any atom is 0.151 e. The summed E-state index contributed by atoms with van der Waals surface area (Å²) in [6.45, 7) is 2.04. The monoisotopic (exact) mass is 118 g/mol. The Labute approximate surface area is 53.3 Å². The fourth-order valence-electron chi connectivity index (χ4n) is 1.17. The Balaban J connectivity index is 2.56. The fraction of sp³-hybridized carbons (Fsp3) is 0.125. The number of aldehydes is 1. The van der Waals surface area contributed by atoms with Crippen LogP contribution < -0.4 is 0 Å². The van der Waals surface area contributed by atoms with Gasteiger partial charge in [-0.05, 0) is 23.6 Å². The van der Waals surface area contributed by atoms with E-state index in [-0.39, 0.29) is 0 Å². The average molecular weight is 118 g/mol. The van der Waals surface area contributed by atoms with Crippen LogP contribution in [0.15, 0.2) is 12.1 Å². The SMILES string of the molecule is Cc1cc2c(C=O)c-2c1. The highest BCUT2D eigenvalue weighted by molar-refractivity contribution is 6.08. The van der Waals surface area contributed by atoms with E-state index in [1.54, 1.807) is 0 Å². The molecule has 2 rings (SSSR count). The minimum atomic E-state index is 0.903. The predicted octanol–water partition coefficient (Wildman–Crippen LogP) is 1.79. The molecule has 0 aliphatic heterocycles. The van der Waals surface area contributed by atoms with E-state index in [0.29, 0.717) is 0 Å². The van der Waals surface area contributed by atoms with Gasteiger partial charge < -0.3 is 0 Å². The summed E-state index contributed by atoms with van der Waals surface area (Å²) in [5.74, 6) is 0. The first kappa shape index (κ1) is 4.74. The van der Waals surface area contributed by atoms with Crippen molar-refractivity contribution in [3.05, 3.63) is 23.3 Å². The number of carbonyl (C=O) groups excluding carboxylic acids is 1. The molecule has 0 fully saturated rings. The van der Waals surface area contributed by atoms with E-state index in [0.717, 1.165) is 23.0 Å². The molecule has 0 unspecified atom stereocenters. The third-order valence-electron chi connectivity index (χ3n) is 1.67. The summed E-state index contributed by atoms with van der Waals surface area (Å²) in [7, 11) is 0. The van der Waals surface area contributed by atoms with Crippen molar-refractivity contribution in [3.8, 4) is 11.1 Å². The van der Waals surface area contributed by atoms with Crippen LogP contribution in [0.4, 0.5) is 0 Å². The Morgan fingerprint density at radius 3 is 2.33 bits per heavy atom. The van der Waals surface area contributed by atoms with Gasteiger partial charge in [0.05, 0.1) is 0 Å². The van der Waals surface area contributed by atoms with E-state index < -0.39 is 0 Å². The molecule has 0 heterocycles. The molecule has 0 saturated heterocycles. The van der Waals surface area contributed by atoms with E-state index in [2.05, 4.69) is 0 Å². The lowest BCUT2D eigenvalue weighted by Crippen LogP contribution is -1.60. The average Bonchev–Trinajstić information content (AvgIpc) is 2.30. The summed E-state index contributed by atoms with van der Waals surface area (Å²) in [6, 6.07) is 4.08. The lowest BCUT2D eigenvalue weighted by Gasteiger charge is -1.72. The number of rotatable bonds is 1. The van der Waals surface area contributed by atoms with Crippen LogP contribution in [0.1, 0.15) is 15.9 Å². The van der Waals surface area contributed by atoms with Crippen molar-refractivity contribution in [3.63, 3.8) is 0 Å². The molecule has 0 spiro atoms. The van der Waals surface area contributed by atoms with Gasteiger partial charge in [-0.3, -0.25) is 4.79 Å². The number of carbonyl (C=O) groups is 1. The second-order valence-corrected chi connectivity index (χ2v) is 2.39. The Hall–Kier alpha value is -1.11. The van der Waals surface area contributed by atoms with Crippen molar-refractivity contribution in [2.75, 3.05) is 0 Å². The molecule has 0 amide bonds. The quantitative estimate of drug-likeness (QED) is 0.522. The zero-order valence-electron chi connectivity index (χ0n) is 5.14. The van der Waals surface area contributed by atoms with Crippen LogP contribution in [0, 0.1) is 6.92 Å². The molecule has 44 valence electrons. The van der Waals surface area contributed by atoms with Crippen molar-refractivity contribution in [2.45, 2.75) is 6.92 Å². The minimum absolute atomic E-state index is 0.903. The second-order valence-electron chi connectivity index (χ2n) is 2.39. The van der Waals surface area contributed by atoms with Gasteiger partial charge in [0.1, 0.15) is 0 Å². The molecule has 1 nitrogen and oxygen atoms in total. The summed E-state index contributed by atoms with van der Waals surface area (Å²) < 4.78 is 0. The number of fused-ring (bicyclic) bond motifs is 1. The smallest absolute Gasteiger partial charge is 0.151 e. The van der Waals surface area contributed by atoms with Gasteiger partial charge in [-0.1, -0.05) is 12.1 Å². The van der Waals surface area contributed by atoms with E-state index in [4.69, 9.17) is 0 Å². The standard InChI is InChI=1S/C8H6O/c1-5-2-6-7(3-5)8(6)4-9/h2-4H,1H3. The maximum absolute atomic E-state index is 10.2. The molecule has 9 heavy (non-hydrogen) atoms. The van der Waals surface area contributed by atoms with Gasteiger partial charge in [0.15, 0.2) is 6.29 Å². The van der Waals surface area contributed by atoms with E-state index >= 15 is 0 Å². The van der Waals surface area contributed by atoms with Crippen LogP contribution in [-0.4, -0.2) is 6.29 Å². The van der Waals surface area contributed by atoms with Gasteiger partial charge in [-0.2, -0.15) is 0 Å². The first-order chi connectivity index (χ1) is 4.33. The predicted molar refractivity (Wildman–Crippen MR) is 35.6 cm³/mol. The number of aryl methyl sites for hydroxylation is 1. The van der Waals surface area contributed by atoms with E-state index in [1.165, 1.54) is 5.56 Å². The molecule has 0 aromatic rings. The third-order valence-corrected chi connectivity index (χ3v) is 1.67. The van der Waals surface area contributed by atoms with Gasteiger partial charge in [0.2, 0.25) is 0 Å². The Morgan fingerprint density at radius 2 is 1.89 bits per heavy atom. The van der Waals surface area contributed by atoms with Gasteiger partial charge >= 0.3 is 0 Å². The molecule has 0 atom stereocenters. The van der Waals surface area contributed by atoms with Gasteiger partial charge in [-0.25, -0.2) is 0 Å². The Morgan fingerprint density at radius 1 is 1.33 bits per heavy atom. The van der Waals surface area contributed by atoms with Crippen molar-refractivity contribution in [2.24, 2.45) is 0 Å².